The molecule has 1 rings (SSSR count). The van der Waals surface area contributed by atoms with Gasteiger partial charge in [-0.1, -0.05) is 6.92 Å². The van der Waals surface area contributed by atoms with Gasteiger partial charge in [-0.25, -0.2) is 0 Å². The van der Waals surface area contributed by atoms with Crippen LogP contribution in [-0.4, -0.2) is 39.4 Å². The second kappa shape index (κ2) is 4.33. The molecule has 0 saturated heterocycles. The van der Waals surface area contributed by atoms with E-state index in [2.05, 4.69) is 23.8 Å². The van der Waals surface area contributed by atoms with Gasteiger partial charge in [-0.3, -0.25) is 4.68 Å². The summed E-state index contributed by atoms with van der Waals surface area (Å²) in [5.74, 6) is 0. The van der Waals surface area contributed by atoms with Crippen LogP contribution in [0.3, 0.4) is 0 Å². The topological polar surface area (TPSA) is 41.3 Å². The molecule has 4 nitrogen and oxygen atoms in total. The van der Waals surface area contributed by atoms with Crippen molar-refractivity contribution in [2.45, 2.75) is 31.9 Å². The fourth-order valence-electron chi connectivity index (χ4n) is 1.73. The lowest BCUT2D eigenvalue weighted by Gasteiger charge is -2.39. The highest BCUT2D eigenvalue weighted by Gasteiger charge is 2.35. The summed E-state index contributed by atoms with van der Waals surface area (Å²) in [6.07, 6.45) is 2.07. The van der Waals surface area contributed by atoms with Crippen LogP contribution in [0.1, 0.15) is 32.1 Å². The summed E-state index contributed by atoms with van der Waals surface area (Å²) in [5, 5.41) is 14.5. The first-order chi connectivity index (χ1) is 6.93. The van der Waals surface area contributed by atoms with Gasteiger partial charge in [0.05, 0.1) is 5.69 Å². The van der Waals surface area contributed by atoms with E-state index < -0.39 is 6.10 Å². The zero-order valence-electron chi connectivity index (χ0n) is 10.2. The Balaban J connectivity index is 3.02. The fraction of sp³-hybridized carbons (Fsp3) is 0.727. The van der Waals surface area contributed by atoms with Crippen LogP contribution in [0.25, 0.3) is 0 Å². The summed E-state index contributed by atoms with van der Waals surface area (Å²) in [4.78, 5) is 2.06. The Morgan fingerprint density at radius 3 is 2.53 bits per heavy atom. The van der Waals surface area contributed by atoms with Crippen LogP contribution in [0, 0.1) is 0 Å². The number of nitrogens with zero attached hydrogens (tertiary/aromatic N) is 3. The molecule has 0 bridgehead atoms. The summed E-state index contributed by atoms with van der Waals surface area (Å²) in [7, 11) is 5.83. The molecule has 0 saturated carbocycles. The molecule has 86 valence electrons. The van der Waals surface area contributed by atoms with Crippen molar-refractivity contribution in [3.8, 4) is 0 Å². The highest BCUT2D eigenvalue weighted by molar-refractivity contribution is 5.10. The Labute approximate surface area is 91.5 Å². The molecule has 2 atom stereocenters. The van der Waals surface area contributed by atoms with Gasteiger partial charge in [0.25, 0.3) is 0 Å². The van der Waals surface area contributed by atoms with E-state index in [0.29, 0.717) is 0 Å². The van der Waals surface area contributed by atoms with Gasteiger partial charge in [0.1, 0.15) is 6.10 Å². The lowest BCUT2D eigenvalue weighted by atomic mass is 9.88. The maximum atomic E-state index is 10.4. The van der Waals surface area contributed by atoms with Crippen molar-refractivity contribution >= 4 is 0 Å². The predicted octanol–water partition coefficient (Wildman–Crippen LogP) is 1.18. The molecule has 1 heterocycles. The molecule has 0 radical (unpaired) electrons. The SMILES string of the molecule is CCC(C)(C(O)c1ccnn1C)N(C)C. The van der Waals surface area contributed by atoms with Gasteiger partial charge in [0.15, 0.2) is 0 Å². The first kappa shape index (κ1) is 12.2. The summed E-state index contributed by atoms with van der Waals surface area (Å²) in [6.45, 7) is 4.14. The average molecular weight is 211 g/mol. The van der Waals surface area contributed by atoms with E-state index in [1.807, 2.05) is 27.2 Å². The Hall–Kier alpha value is -0.870. The summed E-state index contributed by atoms with van der Waals surface area (Å²) in [5.41, 5.74) is 0.599. The highest BCUT2D eigenvalue weighted by atomic mass is 16.3. The van der Waals surface area contributed by atoms with Crippen LogP contribution in [0.4, 0.5) is 0 Å². The van der Waals surface area contributed by atoms with Crippen LogP contribution in [0.2, 0.25) is 0 Å². The van der Waals surface area contributed by atoms with Crippen LogP contribution in [0.15, 0.2) is 12.3 Å². The normalized spacial score (nSPS) is 17.8. The van der Waals surface area contributed by atoms with Gasteiger partial charge < -0.3 is 10.0 Å². The van der Waals surface area contributed by atoms with Crippen molar-refractivity contribution in [3.05, 3.63) is 18.0 Å². The quantitative estimate of drug-likeness (QED) is 0.813. The van der Waals surface area contributed by atoms with E-state index in [-0.39, 0.29) is 5.54 Å². The molecule has 0 aromatic carbocycles. The van der Waals surface area contributed by atoms with E-state index in [9.17, 15) is 5.11 Å². The van der Waals surface area contributed by atoms with Crippen molar-refractivity contribution in [3.63, 3.8) is 0 Å². The summed E-state index contributed by atoms with van der Waals surface area (Å²) in [6, 6.07) is 1.86. The Kier molecular flexibility index (Phi) is 3.52. The number of aryl methyl sites for hydroxylation is 1. The number of hydrogen-bond acceptors (Lipinski definition) is 3. The third kappa shape index (κ3) is 2.06. The van der Waals surface area contributed by atoms with E-state index in [1.54, 1.807) is 10.9 Å². The van der Waals surface area contributed by atoms with Crippen molar-refractivity contribution in [1.82, 2.24) is 14.7 Å². The van der Waals surface area contributed by atoms with Crippen molar-refractivity contribution in [2.24, 2.45) is 7.05 Å². The zero-order chi connectivity index (χ0) is 11.6. The van der Waals surface area contributed by atoms with Crippen molar-refractivity contribution < 1.29 is 5.11 Å². The van der Waals surface area contributed by atoms with E-state index >= 15 is 0 Å². The third-order valence-corrected chi connectivity index (χ3v) is 3.47. The molecule has 4 heteroatoms. The minimum atomic E-state index is -0.523. The Bertz CT molecular complexity index is 321. The average Bonchev–Trinajstić information content (AvgIpc) is 2.61. The molecule has 1 N–H and O–H groups in total. The molecule has 15 heavy (non-hydrogen) atoms. The van der Waals surface area contributed by atoms with E-state index in [4.69, 9.17) is 0 Å². The molecule has 0 spiro atoms. The summed E-state index contributed by atoms with van der Waals surface area (Å²) >= 11 is 0. The molecule has 0 fully saturated rings. The maximum absolute atomic E-state index is 10.4. The van der Waals surface area contributed by atoms with Crippen LogP contribution >= 0.6 is 0 Å². The van der Waals surface area contributed by atoms with Crippen LogP contribution < -0.4 is 0 Å². The monoisotopic (exact) mass is 211 g/mol. The maximum Gasteiger partial charge on any atom is 0.114 e. The second-order valence-corrected chi connectivity index (χ2v) is 4.39. The first-order valence-corrected chi connectivity index (χ1v) is 5.27. The van der Waals surface area contributed by atoms with E-state index in [1.165, 1.54) is 0 Å². The number of hydrogen-bond donors (Lipinski definition) is 1. The minimum Gasteiger partial charge on any atom is -0.385 e. The fourth-order valence-corrected chi connectivity index (χ4v) is 1.73. The first-order valence-electron chi connectivity index (χ1n) is 5.27. The van der Waals surface area contributed by atoms with Crippen molar-refractivity contribution in [2.75, 3.05) is 14.1 Å². The number of aromatic nitrogens is 2. The Morgan fingerprint density at radius 2 is 2.20 bits per heavy atom. The Morgan fingerprint density at radius 1 is 1.60 bits per heavy atom. The molecule has 0 aliphatic rings. The van der Waals surface area contributed by atoms with Gasteiger partial charge in [0.2, 0.25) is 0 Å². The number of rotatable bonds is 4. The lowest BCUT2D eigenvalue weighted by Crippen LogP contribution is -2.46. The predicted molar refractivity (Wildman–Crippen MR) is 60.6 cm³/mol. The van der Waals surface area contributed by atoms with Gasteiger partial charge in [0, 0.05) is 18.8 Å². The van der Waals surface area contributed by atoms with Crippen LogP contribution in [-0.2, 0) is 7.05 Å². The molecule has 0 amide bonds. The molecule has 1 aromatic heterocycles. The van der Waals surface area contributed by atoms with Crippen molar-refractivity contribution in [1.29, 1.82) is 0 Å². The number of aliphatic hydroxyl groups excluding tert-OH is 1. The van der Waals surface area contributed by atoms with Gasteiger partial charge in [-0.15, -0.1) is 0 Å². The molecule has 1 aromatic rings. The second-order valence-electron chi connectivity index (χ2n) is 4.39. The van der Waals surface area contributed by atoms with E-state index in [0.717, 1.165) is 12.1 Å². The zero-order valence-corrected chi connectivity index (χ0v) is 10.2. The van der Waals surface area contributed by atoms with Gasteiger partial charge in [-0.05, 0) is 33.5 Å². The minimum absolute atomic E-state index is 0.256. The standard InChI is InChI=1S/C11H21N3O/c1-6-11(2,13(3)4)10(15)9-7-8-12-14(9)5/h7-8,10,15H,6H2,1-5H3. The molecular formula is C11H21N3O. The van der Waals surface area contributed by atoms with Crippen LogP contribution in [0.5, 0.6) is 0 Å². The highest BCUT2D eigenvalue weighted by Crippen LogP contribution is 2.31. The third-order valence-electron chi connectivity index (χ3n) is 3.47. The lowest BCUT2D eigenvalue weighted by molar-refractivity contribution is -0.00389. The molecule has 0 aliphatic heterocycles. The number of aliphatic hydroxyl groups is 1. The molecular weight excluding hydrogens is 190 g/mol. The van der Waals surface area contributed by atoms with Gasteiger partial charge >= 0.3 is 0 Å². The molecule has 2 unspecified atom stereocenters. The summed E-state index contributed by atoms with van der Waals surface area (Å²) < 4.78 is 1.72. The largest absolute Gasteiger partial charge is 0.385 e. The van der Waals surface area contributed by atoms with Gasteiger partial charge in [-0.2, -0.15) is 5.10 Å². The smallest absolute Gasteiger partial charge is 0.114 e. The molecule has 0 aliphatic carbocycles. The number of likely N-dealkylation sites (N-methyl/N-ethyl adjacent to an activating group) is 1.